The first-order valence-electron chi connectivity index (χ1n) is 35.3. The van der Waals surface area contributed by atoms with Gasteiger partial charge in [0.25, 0.3) is 23.6 Å². The van der Waals surface area contributed by atoms with Crippen LogP contribution in [-0.4, -0.2) is 139 Å². The van der Waals surface area contributed by atoms with Gasteiger partial charge in [-0.2, -0.15) is 43.9 Å². The van der Waals surface area contributed by atoms with Crippen molar-refractivity contribution in [2.45, 2.75) is 215 Å². The molecule has 10 N–H and O–H groups in total. The van der Waals surface area contributed by atoms with Crippen LogP contribution >= 0.6 is 31.9 Å². The number of carboxylic acid groups (broad SMARTS) is 2. The average Bonchev–Trinajstić information content (AvgIpc) is 1.39. The summed E-state index contributed by atoms with van der Waals surface area (Å²) in [7, 11) is 0. The number of aliphatic hydroxyl groups is 2. The van der Waals surface area contributed by atoms with Crippen molar-refractivity contribution in [2.24, 2.45) is 11.5 Å². The van der Waals surface area contributed by atoms with Crippen molar-refractivity contribution in [3.05, 3.63) is 177 Å². The lowest BCUT2D eigenvalue weighted by molar-refractivity contribution is -0.193. The minimum Gasteiger partial charge on any atom is -0.490 e. The van der Waals surface area contributed by atoms with E-state index in [4.69, 9.17) is 40.7 Å². The highest BCUT2D eigenvalue weighted by atomic mass is 79.9. The number of ether oxygens (including phenoxy) is 2. The molecule has 6 aliphatic rings. The molecular weight excluding hydrogens is 1590 g/mol. The number of nitrogens with zero attached hydrogens (tertiary/aromatic N) is 2. The van der Waals surface area contributed by atoms with Gasteiger partial charge in [-0.15, -0.1) is 0 Å². The quantitative estimate of drug-likeness (QED) is 0.0418. The highest BCUT2D eigenvalue weighted by Crippen LogP contribution is 2.44. The second-order valence-corrected chi connectivity index (χ2v) is 30.1. The van der Waals surface area contributed by atoms with E-state index < -0.39 is 95.2 Å². The number of rotatable bonds is 16. The largest absolute Gasteiger partial charge is 0.490 e. The van der Waals surface area contributed by atoms with Crippen LogP contribution in [0, 0.1) is 0 Å². The molecule has 2 saturated carbocycles. The van der Waals surface area contributed by atoms with E-state index in [0.29, 0.717) is 62.1 Å². The first kappa shape index (κ1) is 85.3. The molecule has 0 aromatic heterocycles. The second-order valence-electron chi connectivity index (χ2n) is 28.3. The van der Waals surface area contributed by atoms with Gasteiger partial charge in [0, 0.05) is 56.3 Å². The van der Waals surface area contributed by atoms with Crippen LogP contribution in [0.15, 0.2) is 155 Å². The first-order chi connectivity index (χ1) is 51.0. The Labute approximate surface area is 644 Å². The number of fused-ring (bicyclic) bond motifs is 8. The Hall–Kier alpha value is -8.68. The molecule has 4 bridgehead atoms. The van der Waals surface area contributed by atoms with Crippen LogP contribution in [0.1, 0.15) is 152 Å². The summed E-state index contributed by atoms with van der Waals surface area (Å²) in [5, 5.41) is 47.0. The van der Waals surface area contributed by atoms with Crippen LogP contribution in [0.25, 0.3) is 43.1 Å². The number of carboxylic acids is 2. The Bertz CT molecular complexity index is 4340. The topological polar surface area (TPSA) is 284 Å². The fourth-order valence-electron chi connectivity index (χ4n) is 15.4. The fraction of sp³-hybridized carbons (Fsp3) is 0.425. The van der Waals surface area contributed by atoms with E-state index in [1.54, 1.807) is 72.8 Å². The van der Waals surface area contributed by atoms with Gasteiger partial charge >= 0.3 is 36.1 Å². The molecule has 0 spiro atoms. The van der Waals surface area contributed by atoms with Crippen LogP contribution < -0.4 is 31.6 Å². The van der Waals surface area contributed by atoms with Gasteiger partial charge in [-0.05, 0) is 230 Å². The van der Waals surface area contributed by atoms with Crippen molar-refractivity contribution in [1.82, 2.24) is 20.4 Å². The number of nitrogens with one attached hydrogen (secondary N) is 2. The third-order valence-corrected chi connectivity index (χ3v) is 21.7. The molecule has 4 aliphatic heterocycles. The normalized spacial score (nSPS) is 20.9. The van der Waals surface area contributed by atoms with E-state index in [2.05, 4.69) is 42.5 Å². The van der Waals surface area contributed by atoms with Gasteiger partial charge in [0.1, 0.15) is 11.5 Å². The number of carbonyl (C=O) groups is 6. The molecule has 2 aliphatic carbocycles. The summed E-state index contributed by atoms with van der Waals surface area (Å²) >= 11 is 6.81. The Morgan fingerprint density at radius 2 is 0.682 bits per heavy atom. The highest BCUT2D eigenvalue weighted by Gasteiger charge is 2.55. The molecule has 4 heterocycles. The monoisotopic (exact) mass is 1670 g/mol. The number of benzene rings is 8. The number of piperidine rings is 2. The third kappa shape index (κ3) is 20.0. The summed E-state index contributed by atoms with van der Waals surface area (Å²) in [4.78, 5) is 76.2. The molecule has 4 amide bonds. The zero-order chi connectivity index (χ0) is 77.9. The molecule has 6 fully saturated rings. The van der Waals surface area contributed by atoms with E-state index >= 15 is 17.6 Å². The molecular formula is C80H86Br2F10N6O12. The van der Waals surface area contributed by atoms with Gasteiger partial charge in [0.2, 0.25) is 0 Å². The lowest BCUT2D eigenvalue weighted by Crippen LogP contribution is -2.61. The Balaban J connectivity index is 0.000000212. The molecule has 8 atom stereocenters. The van der Waals surface area contributed by atoms with Crippen molar-refractivity contribution in [3.63, 3.8) is 0 Å². The molecule has 4 unspecified atom stereocenters. The van der Waals surface area contributed by atoms with Gasteiger partial charge in [0.05, 0.1) is 12.2 Å². The van der Waals surface area contributed by atoms with Crippen LogP contribution in [0.3, 0.4) is 0 Å². The zero-order valence-corrected chi connectivity index (χ0v) is 60.9. The van der Waals surface area contributed by atoms with Gasteiger partial charge in [-0.25, -0.2) is 9.59 Å². The first-order valence-corrected chi connectivity index (χ1v) is 36.9. The second kappa shape index (κ2) is 35.3. The predicted molar refractivity (Wildman–Crippen MR) is 401 cm³/mol. The molecule has 4 saturated heterocycles. The van der Waals surface area contributed by atoms with Gasteiger partial charge < -0.3 is 61.8 Å². The summed E-state index contributed by atoms with van der Waals surface area (Å²) < 4.78 is 144. The maximum atomic E-state index is 16.6. The molecule has 0 radical (unpaired) electrons. The van der Waals surface area contributed by atoms with Crippen LogP contribution in [0.2, 0.25) is 0 Å². The minimum absolute atomic E-state index is 0. The van der Waals surface area contributed by atoms with Crippen LogP contribution in [0.5, 0.6) is 11.5 Å². The Kier molecular flexibility index (Phi) is 27.4. The maximum Gasteiger partial charge on any atom is 0.490 e. The third-order valence-electron chi connectivity index (χ3n) is 20.7. The van der Waals surface area contributed by atoms with Crippen molar-refractivity contribution in [3.8, 4) is 11.5 Å². The summed E-state index contributed by atoms with van der Waals surface area (Å²) in [5.41, 5.74) is 12.1. The molecule has 8 aromatic rings. The maximum absolute atomic E-state index is 16.6. The lowest BCUT2D eigenvalue weighted by atomic mass is 9.93. The van der Waals surface area contributed by atoms with Crippen molar-refractivity contribution >= 4 is 111 Å². The van der Waals surface area contributed by atoms with E-state index in [1.165, 1.54) is 34.1 Å². The summed E-state index contributed by atoms with van der Waals surface area (Å²) in [6.07, 6.45) is 0.253. The highest BCUT2D eigenvalue weighted by molar-refractivity contribution is 9.10. The van der Waals surface area contributed by atoms with Crippen LogP contribution in [0.4, 0.5) is 43.9 Å². The molecule has 30 heteroatoms. The standard InChI is InChI=1S/2C37H38BrF2N3O4.2C2HF3O2.2CH4/c2*38-27-11-8-22-16-26(10-7-23(22)17-27)37(39,40)34(36(46)43-29-12-13-30(43)20-28(41)19-29)42-35(45)33(44)25-6-5-24-18-32(14-9-21(24)15-25)47-31-3-1-2-4-31;2*3-2(4,5)1(6)7;;/h2*5-11,14-18,28-31,33-34,44H,1-4,12-13,19-20,41H2,(H,42,45);2*(H,6,7);2*1H4/t2*28?,29?,30?,33-,34+;;;;/m10..../s1. The van der Waals surface area contributed by atoms with Crippen molar-refractivity contribution < 1.29 is 103 Å². The number of aliphatic hydroxyl groups excluding tert-OH is 2. The molecule has 14 rings (SSSR count). The fourth-order valence-corrected chi connectivity index (χ4v) is 16.1. The smallest absolute Gasteiger partial charge is 0.490 e. The number of halogens is 12. The van der Waals surface area contributed by atoms with E-state index in [-0.39, 0.29) is 74.4 Å². The lowest BCUT2D eigenvalue weighted by Gasteiger charge is -2.41. The number of alkyl halides is 10. The van der Waals surface area contributed by atoms with Gasteiger partial charge in [0.15, 0.2) is 24.3 Å². The predicted octanol–water partition coefficient (Wildman–Crippen LogP) is 16.3. The van der Waals surface area contributed by atoms with Crippen LogP contribution in [-0.2, 0) is 40.6 Å². The molecule has 110 heavy (non-hydrogen) atoms. The summed E-state index contributed by atoms with van der Waals surface area (Å²) in [6, 6.07) is 34.5. The van der Waals surface area contributed by atoms with E-state index in [1.807, 2.05) is 48.5 Å². The van der Waals surface area contributed by atoms with E-state index in [9.17, 15) is 55.7 Å². The average molecular weight is 1670 g/mol. The number of carbonyl (C=O) groups excluding carboxylic acids is 4. The number of aliphatic carboxylic acids is 2. The number of nitrogens with two attached hydrogens (primary N) is 2. The van der Waals surface area contributed by atoms with Gasteiger partial charge in [-0.1, -0.05) is 120 Å². The Morgan fingerprint density at radius 1 is 0.409 bits per heavy atom. The van der Waals surface area contributed by atoms with Crippen molar-refractivity contribution in [2.75, 3.05) is 0 Å². The summed E-state index contributed by atoms with van der Waals surface area (Å²) in [5.74, 6) is -15.4. The Morgan fingerprint density at radius 3 is 1.00 bits per heavy atom. The number of hydrogen-bond donors (Lipinski definition) is 8. The molecule has 8 aromatic carbocycles. The molecule has 18 nitrogen and oxygen atoms in total. The van der Waals surface area contributed by atoms with Gasteiger partial charge in [-0.3, -0.25) is 19.2 Å². The number of hydrogen-bond acceptors (Lipinski definition) is 12. The van der Waals surface area contributed by atoms with E-state index in [0.717, 1.165) is 104 Å². The number of amides is 4. The summed E-state index contributed by atoms with van der Waals surface area (Å²) in [6.45, 7) is 0. The minimum atomic E-state index is -5.08. The zero-order valence-electron chi connectivity index (χ0n) is 57.7. The van der Waals surface area contributed by atoms with Crippen molar-refractivity contribution in [1.29, 1.82) is 0 Å². The molecule has 592 valence electrons. The SMILES string of the molecule is C.C.NC1CC2CCC(C1)N2C(=O)[C@@H](NC(=O)[C@@H](O)c1ccc2cc(OC3CCCC3)ccc2c1)C(F)(F)c1ccc2cc(Br)ccc2c1.NC1CC2CCC(C1)N2C(=O)[C@H](NC(=O)[C@H](O)c1ccc2cc(OC3CCCC3)ccc2c1)C(F)(F)c1ccc2cc(Br)ccc2c1.O=C(O)C(F)(F)F.O=C(O)C(F)(F)F.